The van der Waals surface area contributed by atoms with Crippen LogP contribution in [0, 0.1) is 0 Å². The Morgan fingerprint density at radius 1 is 1.50 bits per heavy atom. The topological polar surface area (TPSA) is 58.7 Å². The monoisotopic (exact) mass is 197 g/mol. The van der Waals surface area contributed by atoms with Crippen molar-refractivity contribution in [3.8, 4) is 0 Å². The first-order valence-corrected chi connectivity index (χ1v) is 5.26. The van der Waals surface area contributed by atoms with Crippen molar-refractivity contribution in [3.05, 3.63) is 0 Å². The van der Waals surface area contributed by atoms with Gasteiger partial charge in [0.25, 0.3) is 0 Å². The van der Waals surface area contributed by atoms with Gasteiger partial charge in [-0.15, -0.1) is 0 Å². The number of carbonyl (C=O) groups excluding carboxylic acids is 1. The molecule has 1 rings (SSSR count). The summed E-state index contributed by atoms with van der Waals surface area (Å²) in [5.41, 5.74) is 5.59. The molecule has 0 saturated carbocycles. The second-order valence-corrected chi connectivity index (χ2v) is 3.68. The van der Waals surface area contributed by atoms with Crippen molar-refractivity contribution in [1.29, 1.82) is 0 Å². The number of amidine groups is 1. The minimum Gasteiger partial charge on any atom is -0.387 e. The summed E-state index contributed by atoms with van der Waals surface area (Å²) < 4.78 is 0. The predicted molar refractivity (Wildman–Crippen MR) is 57.2 cm³/mol. The molecule has 1 fully saturated rings. The Balaban J connectivity index is 2.51. The van der Waals surface area contributed by atoms with Crippen molar-refractivity contribution in [1.82, 2.24) is 4.90 Å². The maximum Gasteiger partial charge on any atom is 0.247 e. The summed E-state index contributed by atoms with van der Waals surface area (Å²) >= 11 is 0. The van der Waals surface area contributed by atoms with E-state index in [-0.39, 0.29) is 11.9 Å². The molecule has 1 unspecified atom stereocenters. The van der Waals surface area contributed by atoms with Crippen LogP contribution in [0.4, 0.5) is 0 Å². The van der Waals surface area contributed by atoms with E-state index in [1.54, 1.807) is 0 Å². The number of hydrogen-bond donors (Lipinski definition) is 1. The molecule has 1 saturated heterocycles. The third kappa shape index (κ3) is 2.72. The summed E-state index contributed by atoms with van der Waals surface area (Å²) in [6.07, 6.45) is 2.94. The highest BCUT2D eigenvalue weighted by atomic mass is 16.2. The van der Waals surface area contributed by atoms with E-state index < -0.39 is 0 Å². The van der Waals surface area contributed by atoms with Crippen LogP contribution in [-0.2, 0) is 4.79 Å². The molecule has 0 aromatic rings. The molecule has 4 heteroatoms. The van der Waals surface area contributed by atoms with E-state index in [4.69, 9.17) is 5.73 Å². The van der Waals surface area contributed by atoms with Gasteiger partial charge in [-0.05, 0) is 19.8 Å². The van der Waals surface area contributed by atoms with Crippen LogP contribution in [0.15, 0.2) is 4.99 Å². The first-order valence-electron chi connectivity index (χ1n) is 5.26. The van der Waals surface area contributed by atoms with E-state index in [0.29, 0.717) is 12.3 Å². The van der Waals surface area contributed by atoms with Gasteiger partial charge in [-0.1, -0.05) is 6.92 Å². The Morgan fingerprint density at radius 2 is 2.07 bits per heavy atom. The number of aliphatic imine (C=N–C) groups is 1. The molecule has 80 valence electrons. The lowest BCUT2D eigenvalue weighted by Crippen LogP contribution is -2.35. The maximum absolute atomic E-state index is 11.8. The molecule has 1 aliphatic rings. The molecule has 1 heterocycles. The number of hydrogen-bond acceptors (Lipinski definition) is 2. The quantitative estimate of drug-likeness (QED) is 0.536. The zero-order chi connectivity index (χ0) is 10.6. The number of nitrogens with zero attached hydrogens (tertiary/aromatic N) is 2. The molecule has 0 aromatic carbocycles. The standard InChI is InChI=1S/C10H19N3O/c1-3-9(11)12-8(2)10(14)13-6-4-5-7-13/h8H,3-7H2,1-2H3,(H2,11,12). The average molecular weight is 197 g/mol. The van der Waals surface area contributed by atoms with Gasteiger partial charge in [-0.25, -0.2) is 0 Å². The summed E-state index contributed by atoms with van der Waals surface area (Å²) in [4.78, 5) is 17.8. The summed E-state index contributed by atoms with van der Waals surface area (Å²) in [7, 11) is 0. The lowest BCUT2D eigenvalue weighted by atomic mass is 10.3. The molecule has 0 aromatic heterocycles. The SMILES string of the molecule is CCC(N)=NC(C)C(=O)N1CCCC1. The van der Waals surface area contributed by atoms with Gasteiger partial charge in [0.15, 0.2) is 0 Å². The molecular weight excluding hydrogens is 178 g/mol. The zero-order valence-electron chi connectivity index (χ0n) is 8.99. The molecule has 0 radical (unpaired) electrons. The Bertz CT molecular complexity index is 232. The highest BCUT2D eigenvalue weighted by molar-refractivity contribution is 5.87. The Hall–Kier alpha value is -1.06. The van der Waals surface area contributed by atoms with Crippen LogP contribution >= 0.6 is 0 Å². The zero-order valence-corrected chi connectivity index (χ0v) is 8.99. The lowest BCUT2D eigenvalue weighted by molar-refractivity contribution is -0.131. The summed E-state index contributed by atoms with van der Waals surface area (Å²) in [5.74, 6) is 0.670. The molecule has 1 aliphatic heterocycles. The average Bonchev–Trinajstić information content (AvgIpc) is 2.69. The van der Waals surface area contributed by atoms with Crippen molar-refractivity contribution in [2.24, 2.45) is 10.7 Å². The van der Waals surface area contributed by atoms with Gasteiger partial charge in [0.05, 0.1) is 5.84 Å². The minimum absolute atomic E-state index is 0.110. The van der Waals surface area contributed by atoms with Crippen LogP contribution in [0.1, 0.15) is 33.1 Å². The molecule has 0 spiro atoms. The highest BCUT2D eigenvalue weighted by Gasteiger charge is 2.22. The van der Waals surface area contributed by atoms with E-state index in [1.165, 1.54) is 0 Å². The molecular formula is C10H19N3O. The van der Waals surface area contributed by atoms with Crippen molar-refractivity contribution in [2.75, 3.05) is 13.1 Å². The summed E-state index contributed by atoms with van der Waals surface area (Å²) in [6, 6.07) is -0.312. The van der Waals surface area contributed by atoms with E-state index in [9.17, 15) is 4.79 Å². The second-order valence-electron chi connectivity index (χ2n) is 3.68. The molecule has 14 heavy (non-hydrogen) atoms. The molecule has 0 aliphatic carbocycles. The first-order chi connectivity index (χ1) is 6.65. The molecule has 1 atom stereocenters. The van der Waals surface area contributed by atoms with Crippen LogP contribution in [0.3, 0.4) is 0 Å². The Kier molecular flexibility index (Phi) is 3.92. The largest absolute Gasteiger partial charge is 0.387 e. The lowest BCUT2D eigenvalue weighted by Gasteiger charge is -2.18. The third-order valence-corrected chi connectivity index (χ3v) is 2.50. The van der Waals surface area contributed by atoms with Crippen LogP contribution < -0.4 is 5.73 Å². The van der Waals surface area contributed by atoms with E-state index in [1.807, 2.05) is 18.7 Å². The fourth-order valence-electron chi connectivity index (χ4n) is 1.60. The number of likely N-dealkylation sites (tertiary alicyclic amines) is 1. The summed E-state index contributed by atoms with van der Waals surface area (Å²) in [5, 5.41) is 0. The minimum atomic E-state index is -0.312. The highest BCUT2D eigenvalue weighted by Crippen LogP contribution is 2.10. The van der Waals surface area contributed by atoms with E-state index >= 15 is 0 Å². The van der Waals surface area contributed by atoms with Crippen molar-refractivity contribution in [2.45, 2.75) is 39.2 Å². The molecule has 0 bridgehead atoms. The first kappa shape index (κ1) is 11.0. The van der Waals surface area contributed by atoms with Gasteiger partial charge >= 0.3 is 0 Å². The second kappa shape index (κ2) is 4.98. The fourth-order valence-corrected chi connectivity index (χ4v) is 1.60. The van der Waals surface area contributed by atoms with E-state index in [0.717, 1.165) is 25.9 Å². The number of nitrogens with two attached hydrogens (primary N) is 1. The van der Waals surface area contributed by atoms with Crippen LogP contribution in [0.2, 0.25) is 0 Å². The van der Waals surface area contributed by atoms with Gasteiger partial charge < -0.3 is 10.6 Å². The van der Waals surface area contributed by atoms with Crippen molar-refractivity contribution >= 4 is 11.7 Å². The molecule has 4 nitrogen and oxygen atoms in total. The van der Waals surface area contributed by atoms with Gasteiger partial charge in [0.2, 0.25) is 5.91 Å². The number of rotatable bonds is 3. The third-order valence-electron chi connectivity index (χ3n) is 2.50. The summed E-state index contributed by atoms with van der Waals surface area (Å²) in [6.45, 7) is 5.50. The van der Waals surface area contributed by atoms with Crippen molar-refractivity contribution < 1.29 is 4.79 Å². The van der Waals surface area contributed by atoms with Gasteiger partial charge in [0.1, 0.15) is 6.04 Å². The van der Waals surface area contributed by atoms with Crippen LogP contribution in [0.5, 0.6) is 0 Å². The number of amides is 1. The Morgan fingerprint density at radius 3 is 2.57 bits per heavy atom. The smallest absolute Gasteiger partial charge is 0.247 e. The molecule has 2 N–H and O–H groups in total. The van der Waals surface area contributed by atoms with Gasteiger partial charge in [0, 0.05) is 19.5 Å². The molecule has 1 amide bonds. The fraction of sp³-hybridized carbons (Fsp3) is 0.800. The maximum atomic E-state index is 11.8. The predicted octanol–water partition coefficient (Wildman–Crippen LogP) is 0.764. The number of carbonyl (C=O) groups is 1. The van der Waals surface area contributed by atoms with Crippen LogP contribution in [0.25, 0.3) is 0 Å². The van der Waals surface area contributed by atoms with Gasteiger partial charge in [-0.3, -0.25) is 9.79 Å². The van der Waals surface area contributed by atoms with E-state index in [2.05, 4.69) is 4.99 Å². The van der Waals surface area contributed by atoms with Crippen LogP contribution in [-0.4, -0.2) is 35.8 Å². The van der Waals surface area contributed by atoms with Crippen molar-refractivity contribution in [3.63, 3.8) is 0 Å². The van der Waals surface area contributed by atoms with Gasteiger partial charge in [-0.2, -0.15) is 0 Å². The Labute approximate surface area is 85.2 Å². The normalized spacial score (nSPS) is 19.9.